The summed E-state index contributed by atoms with van der Waals surface area (Å²) < 4.78 is 1.79. The van der Waals surface area contributed by atoms with E-state index in [1.165, 1.54) is 0 Å². The molecule has 1 fully saturated rings. The van der Waals surface area contributed by atoms with Crippen LogP contribution in [0.3, 0.4) is 0 Å². The zero-order valence-electron chi connectivity index (χ0n) is 25.2. The first kappa shape index (κ1) is 31.2. The maximum atomic E-state index is 13.6. The molecular formula is C31H45N7O4. The Labute approximate surface area is 248 Å². The first-order valence-electron chi connectivity index (χ1n) is 15.3. The summed E-state index contributed by atoms with van der Waals surface area (Å²) in [4.78, 5) is 60.7. The number of hydrogen-bond donors (Lipinski definition) is 2. The van der Waals surface area contributed by atoms with E-state index in [1.807, 2.05) is 56.0 Å². The average molecular weight is 580 g/mol. The Morgan fingerprint density at radius 2 is 1.74 bits per heavy atom. The van der Waals surface area contributed by atoms with Crippen molar-refractivity contribution in [3.63, 3.8) is 0 Å². The summed E-state index contributed by atoms with van der Waals surface area (Å²) in [6.07, 6.45) is 4.69. The van der Waals surface area contributed by atoms with Crippen LogP contribution in [0.15, 0.2) is 30.3 Å². The van der Waals surface area contributed by atoms with Gasteiger partial charge in [0.2, 0.25) is 23.6 Å². The summed E-state index contributed by atoms with van der Waals surface area (Å²) in [6.45, 7) is 8.12. The number of amides is 4. The number of carbonyl (C=O) groups excluding carboxylic acids is 4. The smallest absolute Gasteiger partial charge is 0.243 e. The van der Waals surface area contributed by atoms with E-state index in [0.717, 1.165) is 24.8 Å². The van der Waals surface area contributed by atoms with Crippen molar-refractivity contribution in [3.8, 4) is 0 Å². The van der Waals surface area contributed by atoms with Gasteiger partial charge in [-0.05, 0) is 37.7 Å². The van der Waals surface area contributed by atoms with Gasteiger partial charge < -0.3 is 20.4 Å². The topological polar surface area (TPSA) is 130 Å². The number of nitrogens with zero attached hydrogens (tertiary/aromatic N) is 5. The Hall–Kier alpha value is -3.76. The standard InChI is InChI=1S/C31H45N7O4/c1-22(2)29-30-32-23(3)35-38(30)20-19-37(28(41)15-18-36-16-9-5-8-14-27(36)40)17-10-13-26(39)33-25(31(42)34-29)21-24-11-6-4-7-12-24/h4,6-7,11-12,22,25,29H,5,8-10,13-21H2,1-3H3,(H,33,39)(H,34,42)/t25-,29+/m0/s1. The quantitative estimate of drug-likeness (QED) is 0.541. The van der Waals surface area contributed by atoms with Gasteiger partial charge in [0.15, 0.2) is 0 Å². The monoisotopic (exact) mass is 579 g/mol. The highest BCUT2D eigenvalue weighted by atomic mass is 16.2. The van der Waals surface area contributed by atoms with Crippen LogP contribution >= 0.6 is 0 Å². The van der Waals surface area contributed by atoms with Crippen molar-refractivity contribution < 1.29 is 19.2 Å². The highest BCUT2D eigenvalue weighted by Gasteiger charge is 2.30. The van der Waals surface area contributed by atoms with Crippen LogP contribution in [-0.2, 0) is 32.1 Å². The van der Waals surface area contributed by atoms with Gasteiger partial charge in [-0.1, -0.05) is 50.6 Å². The third kappa shape index (κ3) is 8.62. The molecule has 2 aliphatic rings. The van der Waals surface area contributed by atoms with Crippen molar-refractivity contribution in [1.82, 2.24) is 35.2 Å². The van der Waals surface area contributed by atoms with E-state index in [2.05, 4.69) is 20.7 Å². The van der Waals surface area contributed by atoms with E-state index in [0.29, 0.717) is 63.6 Å². The average Bonchev–Trinajstić information content (AvgIpc) is 3.20. The van der Waals surface area contributed by atoms with E-state index in [9.17, 15) is 19.2 Å². The van der Waals surface area contributed by atoms with Crippen molar-refractivity contribution in [3.05, 3.63) is 47.5 Å². The van der Waals surface area contributed by atoms with E-state index >= 15 is 0 Å². The molecule has 1 aromatic carbocycles. The summed E-state index contributed by atoms with van der Waals surface area (Å²) in [5, 5.41) is 10.7. The fourth-order valence-corrected chi connectivity index (χ4v) is 5.65. The Morgan fingerprint density at radius 1 is 0.952 bits per heavy atom. The number of carbonyl (C=O) groups is 4. The summed E-state index contributed by atoms with van der Waals surface area (Å²) in [7, 11) is 0. The van der Waals surface area contributed by atoms with E-state index in [1.54, 1.807) is 9.58 Å². The first-order chi connectivity index (χ1) is 20.2. The highest BCUT2D eigenvalue weighted by molar-refractivity contribution is 5.88. The largest absolute Gasteiger partial charge is 0.344 e. The van der Waals surface area contributed by atoms with Gasteiger partial charge in [0.1, 0.15) is 17.7 Å². The summed E-state index contributed by atoms with van der Waals surface area (Å²) in [6, 6.07) is 8.42. The number of aryl methyl sites for hydroxylation is 1. The maximum Gasteiger partial charge on any atom is 0.243 e. The number of fused-ring (bicyclic) bond motifs is 1. The van der Waals surface area contributed by atoms with Crippen molar-refractivity contribution >= 4 is 23.6 Å². The van der Waals surface area contributed by atoms with Gasteiger partial charge >= 0.3 is 0 Å². The molecule has 2 aromatic rings. The molecule has 4 rings (SSSR count). The molecule has 2 atom stereocenters. The second-order valence-corrected chi connectivity index (χ2v) is 11.7. The van der Waals surface area contributed by atoms with Crippen molar-refractivity contribution in [1.29, 1.82) is 0 Å². The van der Waals surface area contributed by atoms with Crippen LogP contribution < -0.4 is 10.6 Å². The fourth-order valence-electron chi connectivity index (χ4n) is 5.65. The molecule has 1 saturated heterocycles. The van der Waals surface area contributed by atoms with E-state index in [-0.39, 0.29) is 42.4 Å². The minimum atomic E-state index is -0.759. The Balaban J connectivity index is 1.55. The van der Waals surface area contributed by atoms with E-state index in [4.69, 9.17) is 0 Å². The second kappa shape index (κ2) is 14.9. The van der Waals surface area contributed by atoms with Crippen LogP contribution in [0.2, 0.25) is 0 Å². The molecule has 0 aliphatic carbocycles. The molecule has 2 aliphatic heterocycles. The third-order valence-corrected chi connectivity index (χ3v) is 8.02. The van der Waals surface area contributed by atoms with Gasteiger partial charge in [0, 0.05) is 51.9 Å². The molecule has 0 radical (unpaired) electrons. The number of hydrogen-bond acceptors (Lipinski definition) is 6. The van der Waals surface area contributed by atoms with Crippen LogP contribution in [0, 0.1) is 12.8 Å². The summed E-state index contributed by atoms with van der Waals surface area (Å²) in [5.41, 5.74) is 0.943. The molecule has 1 aromatic heterocycles. The molecule has 0 unspecified atom stereocenters. The van der Waals surface area contributed by atoms with Crippen molar-refractivity contribution in [2.24, 2.45) is 5.92 Å². The molecule has 0 spiro atoms. The predicted molar refractivity (Wildman–Crippen MR) is 158 cm³/mol. The molecule has 2 N–H and O–H groups in total. The number of benzene rings is 1. The van der Waals surface area contributed by atoms with Gasteiger partial charge in [0.05, 0.1) is 12.6 Å². The minimum Gasteiger partial charge on any atom is -0.344 e. The molecule has 0 bridgehead atoms. The Bertz CT molecular complexity index is 1230. The fraction of sp³-hybridized carbons (Fsp3) is 0.613. The molecule has 42 heavy (non-hydrogen) atoms. The lowest BCUT2D eigenvalue weighted by molar-refractivity contribution is -0.134. The molecule has 228 valence electrons. The van der Waals surface area contributed by atoms with E-state index < -0.39 is 12.1 Å². The number of likely N-dealkylation sites (tertiary alicyclic amines) is 1. The SMILES string of the molecule is Cc1nc2n(n1)CCN(C(=O)CCN1CCCCCC1=O)CCCC(=O)N[C@@H](Cc1ccccc1)C(=O)N[C@@H]2C(C)C. The number of rotatable bonds is 6. The minimum absolute atomic E-state index is 0.00109. The highest BCUT2D eigenvalue weighted by Crippen LogP contribution is 2.21. The van der Waals surface area contributed by atoms with Crippen LogP contribution in [0.4, 0.5) is 0 Å². The zero-order valence-corrected chi connectivity index (χ0v) is 25.2. The Morgan fingerprint density at radius 3 is 2.50 bits per heavy atom. The molecule has 11 nitrogen and oxygen atoms in total. The van der Waals surface area contributed by atoms with Gasteiger partial charge in [-0.25, -0.2) is 9.67 Å². The van der Waals surface area contributed by atoms with Gasteiger partial charge in [0.25, 0.3) is 0 Å². The molecule has 3 heterocycles. The normalized spacial score (nSPS) is 21.3. The molecule has 11 heteroatoms. The predicted octanol–water partition coefficient (Wildman–Crippen LogP) is 2.54. The lowest BCUT2D eigenvalue weighted by Crippen LogP contribution is -2.50. The number of nitrogens with one attached hydrogen (secondary N) is 2. The third-order valence-electron chi connectivity index (χ3n) is 8.02. The summed E-state index contributed by atoms with van der Waals surface area (Å²) >= 11 is 0. The van der Waals surface area contributed by atoms with Crippen LogP contribution in [0.25, 0.3) is 0 Å². The van der Waals surface area contributed by atoms with Gasteiger partial charge in [-0.2, -0.15) is 5.10 Å². The lowest BCUT2D eigenvalue weighted by atomic mass is 10.0. The maximum absolute atomic E-state index is 13.6. The molecule has 4 amide bonds. The van der Waals surface area contributed by atoms with Crippen molar-refractivity contribution in [2.45, 2.75) is 90.8 Å². The molecular weight excluding hydrogens is 534 g/mol. The molecule has 0 saturated carbocycles. The van der Waals surface area contributed by atoms with Crippen LogP contribution in [-0.4, -0.2) is 80.4 Å². The van der Waals surface area contributed by atoms with Gasteiger partial charge in [-0.3, -0.25) is 19.2 Å². The van der Waals surface area contributed by atoms with Gasteiger partial charge in [-0.15, -0.1) is 0 Å². The van der Waals surface area contributed by atoms with Crippen molar-refractivity contribution in [2.75, 3.05) is 26.2 Å². The lowest BCUT2D eigenvalue weighted by Gasteiger charge is -2.28. The van der Waals surface area contributed by atoms with Crippen LogP contribution in [0.1, 0.15) is 82.0 Å². The number of aromatic nitrogens is 3. The van der Waals surface area contributed by atoms with Crippen LogP contribution in [0.5, 0.6) is 0 Å². The first-order valence-corrected chi connectivity index (χ1v) is 15.3. The summed E-state index contributed by atoms with van der Waals surface area (Å²) in [5.74, 6) is 0.782. The second-order valence-electron chi connectivity index (χ2n) is 11.7. The Kier molecular flexibility index (Phi) is 11.1. The zero-order chi connectivity index (χ0) is 30.1.